The van der Waals surface area contributed by atoms with Gasteiger partial charge in [0, 0.05) is 37.3 Å². The highest BCUT2D eigenvalue weighted by molar-refractivity contribution is 7.88. The molecule has 1 saturated heterocycles. The number of benzene rings is 1. The maximum atomic E-state index is 13.2. The fraction of sp³-hybridized carbons (Fsp3) is 0.435. The van der Waals surface area contributed by atoms with Crippen molar-refractivity contribution in [3.8, 4) is 0 Å². The van der Waals surface area contributed by atoms with Gasteiger partial charge in [-0.3, -0.25) is 4.98 Å². The Balaban J connectivity index is 1.43. The van der Waals surface area contributed by atoms with E-state index in [0.29, 0.717) is 24.9 Å². The fourth-order valence-electron chi connectivity index (χ4n) is 4.80. The molecule has 3 aromatic rings. The van der Waals surface area contributed by atoms with Gasteiger partial charge in [0.25, 0.3) is 0 Å². The van der Waals surface area contributed by atoms with Gasteiger partial charge in [-0.05, 0) is 30.0 Å². The van der Waals surface area contributed by atoms with Crippen LogP contribution < -0.4 is 0 Å². The second-order valence-corrected chi connectivity index (χ2v) is 10.5. The molecule has 1 saturated carbocycles. The zero-order chi connectivity index (χ0) is 21.3. The highest BCUT2D eigenvalue weighted by atomic mass is 32.2. The van der Waals surface area contributed by atoms with Crippen LogP contribution in [0.3, 0.4) is 0 Å². The zero-order valence-electron chi connectivity index (χ0n) is 17.3. The Morgan fingerprint density at radius 2 is 1.77 bits per heavy atom. The van der Waals surface area contributed by atoms with Crippen LogP contribution in [0.2, 0.25) is 0 Å². The van der Waals surface area contributed by atoms with Crippen molar-refractivity contribution in [1.82, 2.24) is 19.4 Å². The summed E-state index contributed by atoms with van der Waals surface area (Å²) in [6, 6.07) is 13.2. The third kappa shape index (κ3) is 4.27. The first-order valence-corrected chi connectivity index (χ1v) is 12.5. The van der Waals surface area contributed by atoms with E-state index >= 15 is 0 Å². The summed E-state index contributed by atoms with van der Waals surface area (Å²) in [7, 11) is -3.48. The third-order valence-corrected chi connectivity index (χ3v) is 8.26. The second kappa shape index (κ2) is 8.51. The van der Waals surface area contributed by atoms with Crippen LogP contribution in [0.25, 0.3) is 0 Å². The van der Waals surface area contributed by atoms with Crippen molar-refractivity contribution in [1.29, 1.82) is 0 Å². The average Bonchev–Trinajstić information content (AvgIpc) is 3.54. The first-order chi connectivity index (χ1) is 15.1. The molecule has 2 atom stereocenters. The molecular weight excluding hydrogens is 412 g/mol. The molecule has 0 spiro atoms. The Morgan fingerprint density at radius 3 is 2.52 bits per heavy atom. The summed E-state index contributed by atoms with van der Waals surface area (Å²) in [5.41, 5.74) is 1.77. The molecule has 8 heteroatoms. The number of nitrogens with zero attached hydrogens (tertiary/aromatic N) is 4. The largest absolute Gasteiger partial charge is 0.339 e. The van der Waals surface area contributed by atoms with Crippen LogP contribution in [-0.4, -0.2) is 40.9 Å². The standard InChI is InChI=1S/C23H26N4O3S/c28-31(29,16-17-7-2-1-3-8-17)27-14-20(19-11-6-12-24-13-19)21(15-27)23-25-22(26-30-23)18-9-4-5-10-18/h1-3,6-8,11-13,18,20-21H,4-5,9-10,14-16H2. The van der Waals surface area contributed by atoms with Gasteiger partial charge in [-0.15, -0.1) is 0 Å². The molecule has 31 heavy (non-hydrogen) atoms. The van der Waals surface area contributed by atoms with Gasteiger partial charge in [0.2, 0.25) is 15.9 Å². The number of sulfonamides is 1. The Kier molecular flexibility index (Phi) is 5.58. The fourth-order valence-corrected chi connectivity index (χ4v) is 6.37. The number of hydrogen-bond donors (Lipinski definition) is 0. The van der Waals surface area contributed by atoms with Crippen molar-refractivity contribution in [2.45, 2.75) is 49.2 Å². The maximum Gasteiger partial charge on any atom is 0.231 e. The van der Waals surface area contributed by atoms with Crippen LogP contribution in [0, 0.1) is 0 Å². The molecule has 0 radical (unpaired) electrons. The first-order valence-electron chi connectivity index (χ1n) is 10.9. The van der Waals surface area contributed by atoms with Crippen molar-refractivity contribution in [2.24, 2.45) is 0 Å². The molecule has 0 amide bonds. The summed E-state index contributed by atoms with van der Waals surface area (Å²) < 4.78 is 33.7. The van der Waals surface area contributed by atoms with Gasteiger partial charge < -0.3 is 4.52 Å². The van der Waals surface area contributed by atoms with Crippen LogP contribution in [0.5, 0.6) is 0 Å². The minimum absolute atomic E-state index is 0.0164. The Morgan fingerprint density at radius 1 is 1.00 bits per heavy atom. The van der Waals surface area contributed by atoms with Crippen LogP contribution >= 0.6 is 0 Å². The monoisotopic (exact) mass is 438 g/mol. The van der Waals surface area contributed by atoms with Gasteiger partial charge in [0.15, 0.2) is 5.82 Å². The van der Waals surface area contributed by atoms with E-state index in [1.165, 1.54) is 12.8 Å². The van der Waals surface area contributed by atoms with Gasteiger partial charge >= 0.3 is 0 Å². The molecule has 1 aromatic carbocycles. The lowest BCUT2D eigenvalue weighted by atomic mass is 9.90. The van der Waals surface area contributed by atoms with Crippen LogP contribution in [0.4, 0.5) is 0 Å². The normalized spacial score (nSPS) is 22.8. The van der Waals surface area contributed by atoms with Gasteiger partial charge in [-0.2, -0.15) is 4.98 Å². The Labute approximate surface area is 182 Å². The van der Waals surface area contributed by atoms with E-state index in [0.717, 1.165) is 29.8 Å². The lowest BCUT2D eigenvalue weighted by Crippen LogP contribution is -2.30. The number of pyridine rings is 1. The van der Waals surface area contributed by atoms with E-state index in [1.807, 2.05) is 42.5 Å². The molecule has 2 aliphatic rings. The molecular formula is C23H26N4O3S. The highest BCUT2D eigenvalue weighted by Gasteiger charge is 2.43. The molecule has 7 nitrogen and oxygen atoms in total. The number of rotatable bonds is 6. The lowest BCUT2D eigenvalue weighted by Gasteiger charge is -2.16. The van der Waals surface area contributed by atoms with Crippen molar-refractivity contribution < 1.29 is 12.9 Å². The minimum atomic E-state index is -3.48. The topological polar surface area (TPSA) is 89.2 Å². The third-order valence-electron chi connectivity index (χ3n) is 6.48. The zero-order valence-corrected chi connectivity index (χ0v) is 18.1. The molecule has 162 valence electrons. The molecule has 1 aliphatic heterocycles. The molecule has 2 unspecified atom stereocenters. The van der Waals surface area contributed by atoms with Crippen molar-refractivity contribution in [3.63, 3.8) is 0 Å². The molecule has 0 bridgehead atoms. The van der Waals surface area contributed by atoms with E-state index < -0.39 is 10.0 Å². The second-order valence-electron chi connectivity index (χ2n) is 8.53. The predicted octanol–water partition coefficient (Wildman–Crippen LogP) is 3.84. The van der Waals surface area contributed by atoms with Gasteiger partial charge in [0.05, 0.1) is 11.7 Å². The van der Waals surface area contributed by atoms with E-state index in [4.69, 9.17) is 9.51 Å². The summed E-state index contributed by atoms with van der Waals surface area (Å²) in [5.74, 6) is 1.38. The Bertz CT molecular complexity index is 1110. The molecule has 2 aromatic heterocycles. The highest BCUT2D eigenvalue weighted by Crippen LogP contribution is 2.41. The summed E-state index contributed by atoms with van der Waals surface area (Å²) in [6.45, 7) is 0.716. The van der Waals surface area contributed by atoms with E-state index in [9.17, 15) is 8.42 Å². The number of aromatic nitrogens is 3. The van der Waals surface area contributed by atoms with Gasteiger partial charge in [0.1, 0.15) is 0 Å². The molecule has 3 heterocycles. The SMILES string of the molecule is O=S(=O)(Cc1ccccc1)N1CC(c2cccnc2)C(c2nc(C3CCCC3)no2)C1. The lowest BCUT2D eigenvalue weighted by molar-refractivity contribution is 0.342. The van der Waals surface area contributed by atoms with Crippen molar-refractivity contribution >= 4 is 10.0 Å². The summed E-state index contributed by atoms with van der Waals surface area (Å²) in [4.78, 5) is 8.98. The van der Waals surface area contributed by atoms with Gasteiger partial charge in [-0.1, -0.05) is 54.4 Å². The molecule has 0 N–H and O–H groups in total. The summed E-state index contributed by atoms with van der Waals surface area (Å²) >= 11 is 0. The van der Waals surface area contributed by atoms with Crippen molar-refractivity contribution in [3.05, 3.63) is 77.7 Å². The number of hydrogen-bond acceptors (Lipinski definition) is 6. The average molecular weight is 439 g/mol. The predicted molar refractivity (Wildman–Crippen MR) is 116 cm³/mol. The summed E-state index contributed by atoms with van der Waals surface area (Å²) in [6.07, 6.45) is 8.10. The molecule has 5 rings (SSSR count). The summed E-state index contributed by atoms with van der Waals surface area (Å²) in [5, 5.41) is 4.26. The minimum Gasteiger partial charge on any atom is -0.339 e. The van der Waals surface area contributed by atoms with E-state index in [1.54, 1.807) is 16.7 Å². The maximum absolute atomic E-state index is 13.2. The van der Waals surface area contributed by atoms with Crippen LogP contribution in [0.15, 0.2) is 59.4 Å². The molecule has 2 fully saturated rings. The Hall–Kier alpha value is -2.58. The van der Waals surface area contributed by atoms with Crippen LogP contribution in [-0.2, 0) is 15.8 Å². The molecule has 1 aliphatic carbocycles. The van der Waals surface area contributed by atoms with Crippen molar-refractivity contribution in [2.75, 3.05) is 13.1 Å². The smallest absolute Gasteiger partial charge is 0.231 e. The van der Waals surface area contributed by atoms with Gasteiger partial charge in [-0.25, -0.2) is 12.7 Å². The van der Waals surface area contributed by atoms with Crippen LogP contribution in [0.1, 0.15) is 66.3 Å². The first kappa shape index (κ1) is 20.3. The van der Waals surface area contributed by atoms with E-state index in [-0.39, 0.29) is 17.6 Å². The quantitative estimate of drug-likeness (QED) is 0.581. The van der Waals surface area contributed by atoms with E-state index in [2.05, 4.69) is 10.1 Å².